The number of phenolic OH excluding ortho intramolecular Hbond substituents is 1. The summed E-state index contributed by atoms with van der Waals surface area (Å²) in [7, 11) is 0. The van der Waals surface area contributed by atoms with Crippen molar-refractivity contribution in [3.63, 3.8) is 0 Å². The highest BCUT2D eigenvalue weighted by molar-refractivity contribution is 6.09. The number of hydrogen-bond donors (Lipinski definition) is 2. The van der Waals surface area contributed by atoms with Gasteiger partial charge in [0.1, 0.15) is 11.6 Å². The molecule has 3 aromatic rings. The lowest BCUT2D eigenvalue weighted by Crippen LogP contribution is -2.04. The summed E-state index contributed by atoms with van der Waals surface area (Å²) < 4.78 is 13.5. The Morgan fingerprint density at radius 2 is 1.48 bits per heavy atom. The second kappa shape index (κ2) is 7.45. The van der Waals surface area contributed by atoms with Gasteiger partial charge >= 0.3 is 0 Å². The van der Waals surface area contributed by atoms with E-state index in [1.807, 2.05) is 36.4 Å². The van der Waals surface area contributed by atoms with E-state index in [0.29, 0.717) is 11.3 Å². The molecule has 0 saturated heterocycles. The molecule has 0 amide bonds. The molecule has 0 heterocycles. The molecular formula is C21H16FNO2. The van der Waals surface area contributed by atoms with Crippen LogP contribution >= 0.6 is 0 Å². The molecule has 0 unspecified atom stereocenters. The molecule has 3 nitrogen and oxygen atoms in total. The van der Waals surface area contributed by atoms with Gasteiger partial charge in [0.15, 0.2) is 5.78 Å². The molecule has 124 valence electrons. The van der Waals surface area contributed by atoms with E-state index in [1.54, 1.807) is 24.3 Å². The Hall–Kier alpha value is -3.40. The minimum atomic E-state index is -0.484. The van der Waals surface area contributed by atoms with Gasteiger partial charge in [-0.2, -0.15) is 0 Å². The average Bonchev–Trinajstić information content (AvgIpc) is 2.65. The minimum absolute atomic E-state index is 0.101. The van der Waals surface area contributed by atoms with Crippen molar-refractivity contribution >= 4 is 17.2 Å². The van der Waals surface area contributed by atoms with E-state index < -0.39 is 5.82 Å². The van der Waals surface area contributed by atoms with Gasteiger partial charge in [-0.3, -0.25) is 4.79 Å². The largest absolute Gasteiger partial charge is 0.506 e. The van der Waals surface area contributed by atoms with Gasteiger partial charge in [0.2, 0.25) is 0 Å². The van der Waals surface area contributed by atoms with Crippen molar-refractivity contribution in [3.8, 4) is 5.75 Å². The number of rotatable bonds is 5. The van der Waals surface area contributed by atoms with Gasteiger partial charge in [0, 0.05) is 23.4 Å². The third-order valence-electron chi connectivity index (χ3n) is 3.65. The van der Waals surface area contributed by atoms with Crippen LogP contribution in [0.3, 0.4) is 0 Å². The third kappa shape index (κ3) is 4.12. The molecule has 0 fully saturated rings. The van der Waals surface area contributed by atoms with Crippen molar-refractivity contribution in [2.45, 2.75) is 0 Å². The zero-order valence-corrected chi connectivity index (χ0v) is 13.3. The first kappa shape index (κ1) is 16.5. The van der Waals surface area contributed by atoms with Gasteiger partial charge in [-0.05, 0) is 17.7 Å². The van der Waals surface area contributed by atoms with Gasteiger partial charge in [0.25, 0.3) is 0 Å². The monoisotopic (exact) mass is 333 g/mol. The molecule has 0 aromatic heterocycles. The number of benzene rings is 3. The maximum atomic E-state index is 13.5. The zero-order chi connectivity index (χ0) is 17.6. The first-order valence-corrected chi connectivity index (χ1v) is 7.75. The number of carbonyl (C=O) groups excluding carboxylic acids is 1. The lowest BCUT2D eigenvalue weighted by atomic mass is 10.1. The Balaban J connectivity index is 2.00. The zero-order valence-electron chi connectivity index (χ0n) is 13.3. The van der Waals surface area contributed by atoms with Crippen LogP contribution in [0.25, 0.3) is 5.70 Å². The van der Waals surface area contributed by atoms with E-state index in [1.165, 1.54) is 24.3 Å². The van der Waals surface area contributed by atoms with Crippen LogP contribution in [0.2, 0.25) is 0 Å². The van der Waals surface area contributed by atoms with E-state index in [9.17, 15) is 14.3 Å². The summed E-state index contributed by atoms with van der Waals surface area (Å²) in [5, 5.41) is 12.9. The number of halogens is 1. The molecule has 0 radical (unpaired) electrons. The average molecular weight is 333 g/mol. The molecular weight excluding hydrogens is 317 g/mol. The maximum Gasteiger partial charge on any atom is 0.187 e. The normalized spacial score (nSPS) is 11.2. The fourth-order valence-corrected chi connectivity index (χ4v) is 2.38. The highest BCUT2D eigenvalue weighted by Crippen LogP contribution is 2.28. The van der Waals surface area contributed by atoms with Gasteiger partial charge in [-0.25, -0.2) is 4.39 Å². The Bertz CT molecular complexity index is 906. The van der Waals surface area contributed by atoms with Crippen molar-refractivity contribution in [1.82, 2.24) is 0 Å². The molecule has 25 heavy (non-hydrogen) atoms. The van der Waals surface area contributed by atoms with Crippen molar-refractivity contribution < 1.29 is 14.3 Å². The van der Waals surface area contributed by atoms with Crippen molar-refractivity contribution in [3.05, 3.63) is 102 Å². The summed E-state index contributed by atoms with van der Waals surface area (Å²) in [6, 6.07) is 21.7. The first-order chi connectivity index (χ1) is 12.1. The second-order valence-electron chi connectivity index (χ2n) is 5.44. The Morgan fingerprint density at radius 1 is 0.880 bits per heavy atom. The Labute approximate surface area is 145 Å². The number of nitrogens with one attached hydrogen (secondary N) is 1. The number of aromatic hydroxyl groups is 1. The maximum absolute atomic E-state index is 13.5. The van der Waals surface area contributed by atoms with E-state index in [-0.39, 0.29) is 17.2 Å². The number of anilines is 1. The Kier molecular flexibility index (Phi) is 4.90. The van der Waals surface area contributed by atoms with Crippen LogP contribution in [-0.2, 0) is 0 Å². The molecule has 0 aliphatic carbocycles. The van der Waals surface area contributed by atoms with Crippen molar-refractivity contribution in [1.29, 1.82) is 0 Å². The smallest absolute Gasteiger partial charge is 0.187 e. The molecule has 3 aromatic carbocycles. The van der Waals surface area contributed by atoms with Crippen molar-refractivity contribution in [2.24, 2.45) is 0 Å². The number of carbonyl (C=O) groups is 1. The standard InChI is InChI=1S/C21H16FNO2/c22-17-11-12-20(24)19(13-17)23-18(15-7-3-1-4-8-15)14-21(25)16-9-5-2-6-10-16/h1-14,23-24H/b18-14-. The summed E-state index contributed by atoms with van der Waals surface area (Å²) in [4.78, 5) is 12.5. The number of hydrogen-bond acceptors (Lipinski definition) is 3. The molecule has 0 atom stereocenters. The summed E-state index contributed by atoms with van der Waals surface area (Å²) in [5.41, 5.74) is 1.95. The van der Waals surface area contributed by atoms with Crippen LogP contribution < -0.4 is 5.32 Å². The first-order valence-electron chi connectivity index (χ1n) is 7.75. The van der Waals surface area contributed by atoms with E-state index in [0.717, 1.165) is 5.56 Å². The summed E-state index contributed by atoms with van der Waals surface area (Å²) in [6.45, 7) is 0. The quantitative estimate of drug-likeness (QED) is 0.398. The van der Waals surface area contributed by atoms with Crippen LogP contribution in [-0.4, -0.2) is 10.9 Å². The topological polar surface area (TPSA) is 49.3 Å². The number of allylic oxidation sites excluding steroid dienone is 1. The molecule has 0 bridgehead atoms. The number of phenols is 1. The molecule has 0 spiro atoms. The second-order valence-corrected chi connectivity index (χ2v) is 5.44. The van der Waals surface area contributed by atoms with Gasteiger partial charge in [0.05, 0.1) is 5.69 Å². The molecule has 0 aliphatic heterocycles. The molecule has 4 heteroatoms. The van der Waals surface area contributed by atoms with Crippen molar-refractivity contribution in [2.75, 3.05) is 5.32 Å². The lowest BCUT2D eigenvalue weighted by Gasteiger charge is -2.13. The third-order valence-corrected chi connectivity index (χ3v) is 3.65. The highest BCUT2D eigenvalue weighted by atomic mass is 19.1. The molecule has 3 rings (SSSR count). The van der Waals surface area contributed by atoms with Gasteiger partial charge in [-0.1, -0.05) is 60.7 Å². The number of ketones is 1. The fraction of sp³-hybridized carbons (Fsp3) is 0. The molecule has 0 aliphatic rings. The minimum Gasteiger partial charge on any atom is -0.506 e. The molecule has 2 N–H and O–H groups in total. The highest BCUT2D eigenvalue weighted by Gasteiger charge is 2.10. The summed E-state index contributed by atoms with van der Waals surface area (Å²) >= 11 is 0. The summed E-state index contributed by atoms with van der Waals surface area (Å²) in [6.07, 6.45) is 1.44. The van der Waals surface area contributed by atoms with Crippen LogP contribution in [0.4, 0.5) is 10.1 Å². The predicted molar refractivity (Wildman–Crippen MR) is 96.9 cm³/mol. The van der Waals surface area contributed by atoms with Crippen LogP contribution in [0.15, 0.2) is 84.9 Å². The van der Waals surface area contributed by atoms with E-state index in [4.69, 9.17) is 0 Å². The summed E-state index contributed by atoms with van der Waals surface area (Å²) in [5.74, 6) is -0.777. The van der Waals surface area contributed by atoms with Gasteiger partial charge < -0.3 is 10.4 Å². The van der Waals surface area contributed by atoms with Crippen LogP contribution in [0, 0.1) is 5.82 Å². The van der Waals surface area contributed by atoms with E-state index >= 15 is 0 Å². The van der Waals surface area contributed by atoms with Crippen LogP contribution in [0.1, 0.15) is 15.9 Å². The fourth-order valence-electron chi connectivity index (χ4n) is 2.38. The SMILES string of the molecule is O=C(/C=C(\Nc1cc(F)ccc1O)c1ccccc1)c1ccccc1. The van der Waals surface area contributed by atoms with Crippen LogP contribution in [0.5, 0.6) is 5.75 Å². The molecule has 0 saturated carbocycles. The lowest BCUT2D eigenvalue weighted by molar-refractivity contribution is 0.104. The predicted octanol–water partition coefficient (Wildman–Crippen LogP) is 4.87. The van der Waals surface area contributed by atoms with Gasteiger partial charge in [-0.15, -0.1) is 0 Å². The van der Waals surface area contributed by atoms with E-state index in [2.05, 4.69) is 5.32 Å². The Morgan fingerprint density at radius 3 is 2.12 bits per heavy atom.